The molecule has 0 heterocycles. The van der Waals surface area contributed by atoms with Gasteiger partial charge in [0.1, 0.15) is 12.6 Å². The molecule has 0 aliphatic heterocycles. The summed E-state index contributed by atoms with van der Waals surface area (Å²) >= 11 is 0. The van der Waals surface area contributed by atoms with Crippen LogP contribution in [-0.4, -0.2) is 38.9 Å². The maximum absolute atomic E-state index is 11.7. The zero-order chi connectivity index (χ0) is 19.2. The molecule has 5 heteroatoms. The molecule has 0 spiro atoms. The van der Waals surface area contributed by atoms with E-state index >= 15 is 0 Å². The van der Waals surface area contributed by atoms with Crippen LogP contribution in [0.3, 0.4) is 0 Å². The van der Waals surface area contributed by atoms with Crippen molar-refractivity contribution in [1.29, 1.82) is 0 Å². The molecule has 0 unspecified atom stereocenters. The summed E-state index contributed by atoms with van der Waals surface area (Å²) < 4.78 is 9.55. The van der Waals surface area contributed by atoms with Crippen LogP contribution in [-0.2, 0) is 19.1 Å². The highest BCUT2D eigenvalue weighted by Gasteiger charge is 2.19. The van der Waals surface area contributed by atoms with E-state index in [2.05, 4.69) is 11.7 Å². The van der Waals surface area contributed by atoms with Crippen molar-refractivity contribution in [2.45, 2.75) is 51.4 Å². The molecule has 1 aromatic carbocycles. The van der Waals surface area contributed by atoms with Crippen LogP contribution in [0.5, 0.6) is 0 Å². The minimum atomic E-state index is -0.351. The Morgan fingerprint density at radius 3 is 2.08 bits per heavy atom. The van der Waals surface area contributed by atoms with Crippen molar-refractivity contribution in [3.63, 3.8) is 0 Å². The average Bonchev–Trinajstić information content (AvgIpc) is 2.68. The van der Waals surface area contributed by atoms with Gasteiger partial charge in [0.2, 0.25) is 0 Å². The third kappa shape index (κ3) is 8.39. The number of hydrogen-bond acceptors (Lipinski definition) is 5. The van der Waals surface area contributed by atoms with Gasteiger partial charge >= 0.3 is 5.97 Å². The van der Waals surface area contributed by atoms with E-state index in [0.717, 1.165) is 18.5 Å². The predicted molar refractivity (Wildman–Crippen MR) is 100 cm³/mol. The largest absolute Gasteiger partial charge is 0.462 e. The van der Waals surface area contributed by atoms with Crippen LogP contribution in [0.2, 0.25) is 0 Å². The molecule has 1 aliphatic carbocycles. The fourth-order valence-corrected chi connectivity index (χ4v) is 2.93. The molecule has 0 radical (unpaired) electrons. The van der Waals surface area contributed by atoms with Crippen LogP contribution in [0.15, 0.2) is 24.3 Å². The van der Waals surface area contributed by atoms with Gasteiger partial charge in [0, 0.05) is 20.0 Å². The number of aldehydes is 2. The van der Waals surface area contributed by atoms with Gasteiger partial charge in [0.05, 0.1) is 18.8 Å². The number of hydrogen-bond donors (Lipinski definition) is 0. The van der Waals surface area contributed by atoms with Crippen molar-refractivity contribution in [2.24, 2.45) is 5.92 Å². The van der Waals surface area contributed by atoms with Crippen LogP contribution >= 0.6 is 0 Å². The number of esters is 1. The Labute approximate surface area is 156 Å². The van der Waals surface area contributed by atoms with Crippen molar-refractivity contribution in [3.05, 3.63) is 35.4 Å². The SMILES string of the molecule is CC1CCC(c2ccc(C(=O)OCCC=O)cc2)CC1.COCCC=O. The normalized spacial score (nSPS) is 19.0. The summed E-state index contributed by atoms with van der Waals surface area (Å²) in [6.45, 7) is 3.02. The zero-order valence-corrected chi connectivity index (χ0v) is 15.8. The van der Waals surface area contributed by atoms with E-state index in [0.29, 0.717) is 24.5 Å². The number of methoxy groups -OCH3 is 1. The van der Waals surface area contributed by atoms with Crippen LogP contribution in [0.4, 0.5) is 0 Å². The van der Waals surface area contributed by atoms with E-state index in [1.54, 1.807) is 7.11 Å². The van der Waals surface area contributed by atoms with Gasteiger partial charge < -0.3 is 19.1 Å². The highest BCUT2D eigenvalue weighted by molar-refractivity contribution is 5.89. The molecule has 1 saturated carbocycles. The monoisotopic (exact) mass is 362 g/mol. The first-order valence-corrected chi connectivity index (χ1v) is 9.25. The lowest BCUT2D eigenvalue weighted by Gasteiger charge is -2.26. The molecule has 0 saturated heterocycles. The van der Waals surface area contributed by atoms with Gasteiger partial charge in [-0.05, 0) is 42.4 Å². The number of benzene rings is 1. The lowest BCUT2D eigenvalue weighted by molar-refractivity contribution is -0.109. The molecule has 26 heavy (non-hydrogen) atoms. The third-order valence-corrected chi connectivity index (χ3v) is 4.54. The van der Waals surface area contributed by atoms with Crippen LogP contribution in [0, 0.1) is 5.92 Å². The molecule has 0 bridgehead atoms. The second-order valence-corrected chi connectivity index (χ2v) is 6.62. The van der Waals surface area contributed by atoms with E-state index < -0.39 is 0 Å². The van der Waals surface area contributed by atoms with E-state index in [4.69, 9.17) is 4.74 Å². The molecule has 2 rings (SSSR count). The van der Waals surface area contributed by atoms with E-state index in [9.17, 15) is 14.4 Å². The summed E-state index contributed by atoms with van der Waals surface area (Å²) in [5.74, 6) is 1.13. The fourth-order valence-electron chi connectivity index (χ4n) is 2.93. The van der Waals surface area contributed by atoms with Crippen LogP contribution in [0.25, 0.3) is 0 Å². The standard InChI is InChI=1S/C17H22O3.C4H8O2/c1-13-3-5-14(6-4-13)15-7-9-16(10-8-15)17(19)20-12-2-11-18;1-6-4-2-3-5/h7-11,13-14H,2-6,12H2,1H3;3H,2,4H2,1H3. The molecule has 144 valence electrons. The molecule has 1 aromatic rings. The van der Waals surface area contributed by atoms with Crippen LogP contribution in [0.1, 0.15) is 67.3 Å². The number of ether oxygens (including phenoxy) is 2. The smallest absolute Gasteiger partial charge is 0.338 e. The first kappa shape index (κ1) is 22.0. The Balaban J connectivity index is 0.000000487. The summed E-state index contributed by atoms with van der Waals surface area (Å²) in [6.07, 6.45) is 7.42. The Morgan fingerprint density at radius 2 is 1.58 bits per heavy atom. The van der Waals surface area contributed by atoms with Gasteiger partial charge in [0.15, 0.2) is 0 Å². The molecular formula is C21H30O5. The fraction of sp³-hybridized carbons (Fsp3) is 0.571. The average molecular weight is 362 g/mol. The molecule has 0 aromatic heterocycles. The van der Waals surface area contributed by atoms with Crippen molar-refractivity contribution in [1.82, 2.24) is 0 Å². The summed E-state index contributed by atoms with van der Waals surface area (Å²) in [5, 5.41) is 0. The van der Waals surface area contributed by atoms with Crippen molar-refractivity contribution in [2.75, 3.05) is 20.3 Å². The molecule has 1 aliphatic rings. The lowest BCUT2D eigenvalue weighted by Crippen LogP contribution is -2.11. The summed E-state index contributed by atoms with van der Waals surface area (Å²) in [4.78, 5) is 31.4. The molecule has 1 fully saturated rings. The van der Waals surface area contributed by atoms with Gasteiger partial charge in [-0.2, -0.15) is 0 Å². The van der Waals surface area contributed by atoms with Crippen molar-refractivity contribution >= 4 is 18.5 Å². The van der Waals surface area contributed by atoms with Gasteiger partial charge in [-0.25, -0.2) is 4.79 Å². The van der Waals surface area contributed by atoms with Gasteiger partial charge in [-0.3, -0.25) is 0 Å². The minimum absolute atomic E-state index is 0.157. The minimum Gasteiger partial charge on any atom is -0.462 e. The maximum Gasteiger partial charge on any atom is 0.338 e. The Kier molecular flexibility index (Phi) is 11.2. The molecule has 0 atom stereocenters. The second kappa shape index (κ2) is 13.2. The van der Waals surface area contributed by atoms with Crippen molar-refractivity contribution in [3.8, 4) is 0 Å². The lowest BCUT2D eigenvalue weighted by atomic mass is 9.79. The summed E-state index contributed by atoms with van der Waals surface area (Å²) in [7, 11) is 1.57. The first-order valence-electron chi connectivity index (χ1n) is 9.25. The predicted octanol–water partition coefficient (Wildman–Crippen LogP) is 3.95. The van der Waals surface area contributed by atoms with Gasteiger partial charge in [-0.15, -0.1) is 0 Å². The third-order valence-electron chi connectivity index (χ3n) is 4.54. The number of rotatable bonds is 8. The highest BCUT2D eigenvalue weighted by atomic mass is 16.5. The molecular weight excluding hydrogens is 332 g/mol. The molecule has 0 N–H and O–H groups in total. The summed E-state index contributed by atoms with van der Waals surface area (Å²) in [5.41, 5.74) is 1.88. The summed E-state index contributed by atoms with van der Waals surface area (Å²) in [6, 6.07) is 7.74. The quantitative estimate of drug-likeness (QED) is 0.398. The van der Waals surface area contributed by atoms with E-state index in [-0.39, 0.29) is 19.0 Å². The first-order chi connectivity index (χ1) is 12.6. The molecule has 5 nitrogen and oxygen atoms in total. The Bertz CT molecular complexity index is 530. The topological polar surface area (TPSA) is 69.7 Å². The number of carbonyl (C=O) groups is 3. The number of carbonyl (C=O) groups excluding carboxylic acids is 3. The van der Waals surface area contributed by atoms with Gasteiger partial charge in [-0.1, -0.05) is 31.9 Å². The highest BCUT2D eigenvalue weighted by Crippen LogP contribution is 2.35. The molecule has 0 amide bonds. The Hall–Kier alpha value is -2.01. The zero-order valence-electron chi connectivity index (χ0n) is 15.8. The van der Waals surface area contributed by atoms with E-state index in [1.165, 1.54) is 31.2 Å². The van der Waals surface area contributed by atoms with Crippen molar-refractivity contribution < 1.29 is 23.9 Å². The maximum atomic E-state index is 11.7. The Morgan fingerprint density at radius 1 is 1.00 bits per heavy atom. The van der Waals surface area contributed by atoms with Gasteiger partial charge in [0.25, 0.3) is 0 Å². The van der Waals surface area contributed by atoms with E-state index in [1.807, 2.05) is 24.3 Å². The van der Waals surface area contributed by atoms with Crippen LogP contribution < -0.4 is 0 Å². The second-order valence-electron chi connectivity index (χ2n) is 6.62.